The fraction of sp³-hybridized carbons (Fsp3) is 0.556. The van der Waals surface area contributed by atoms with Crippen molar-refractivity contribution in [1.29, 1.82) is 0 Å². The van der Waals surface area contributed by atoms with Crippen molar-refractivity contribution in [1.82, 2.24) is 4.90 Å². The molecule has 1 saturated heterocycles. The van der Waals surface area contributed by atoms with Gasteiger partial charge in [0.2, 0.25) is 0 Å². The van der Waals surface area contributed by atoms with Crippen LogP contribution in [0.1, 0.15) is 43.2 Å². The lowest BCUT2D eigenvalue weighted by Crippen LogP contribution is -2.40. The van der Waals surface area contributed by atoms with Crippen LogP contribution in [-0.2, 0) is 0 Å². The standard InChI is InChI=1S/C18H24ClN/c1-13-7-8-17(18(19)11-13)14(2)20-10-9-15-5-3-4-6-16(15)12-20/h7-8,11,15-16H,2-6,9-10,12H2,1H3. The molecule has 0 spiro atoms. The summed E-state index contributed by atoms with van der Waals surface area (Å²) < 4.78 is 0. The van der Waals surface area contributed by atoms with Gasteiger partial charge in [-0.15, -0.1) is 0 Å². The lowest BCUT2D eigenvalue weighted by Gasteiger charge is -2.43. The van der Waals surface area contributed by atoms with Crippen molar-refractivity contribution < 1.29 is 0 Å². The number of benzene rings is 1. The number of hydrogen-bond acceptors (Lipinski definition) is 1. The Morgan fingerprint density at radius 2 is 1.95 bits per heavy atom. The average molecular weight is 290 g/mol. The lowest BCUT2D eigenvalue weighted by atomic mass is 9.75. The fourth-order valence-corrected chi connectivity index (χ4v) is 4.21. The third-order valence-corrected chi connectivity index (χ3v) is 5.42. The predicted octanol–water partition coefficient (Wildman–Crippen LogP) is 5.13. The smallest absolute Gasteiger partial charge is 0.0501 e. The monoisotopic (exact) mass is 289 g/mol. The molecule has 2 heteroatoms. The largest absolute Gasteiger partial charge is 0.371 e. The average Bonchev–Trinajstić information content (AvgIpc) is 2.46. The maximum absolute atomic E-state index is 6.39. The molecule has 2 fully saturated rings. The van der Waals surface area contributed by atoms with Crippen molar-refractivity contribution in [2.45, 2.75) is 39.0 Å². The molecule has 2 aliphatic rings. The molecule has 0 radical (unpaired) electrons. The molecule has 0 bridgehead atoms. The maximum Gasteiger partial charge on any atom is 0.0501 e. The van der Waals surface area contributed by atoms with Gasteiger partial charge in [-0.25, -0.2) is 0 Å². The Labute approximate surface area is 127 Å². The molecule has 2 unspecified atom stereocenters. The lowest BCUT2D eigenvalue weighted by molar-refractivity contribution is 0.124. The van der Waals surface area contributed by atoms with Crippen LogP contribution in [0.15, 0.2) is 24.8 Å². The zero-order valence-corrected chi connectivity index (χ0v) is 13.1. The fourth-order valence-electron chi connectivity index (χ4n) is 3.87. The summed E-state index contributed by atoms with van der Waals surface area (Å²) in [7, 11) is 0. The van der Waals surface area contributed by atoms with Crippen LogP contribution < -0.4 is 0 Å². The van der Waals surface area contributed by atoms with E-state index in [4.69, 9.17) is 11.6 Å². The van der Waals surface area contributed by atoms with E-state index in [1.54, 1.807) is 0 Å². The molecular weight excluding hydrogens is 266 g/mol. The van der Waals surface area contributed by atoms with Crippen LogP contribution >= 0.6 is 11.6 Å². The van der Waals surface area contributed by atoms with Crippen molar-refractivity contribution in [3.05, 3.63) is 40.9 Å². The van der Waals surface area contributed by atoms with Crippen LogP contribution in [0, 0.1) is 18.8 Å². The molecule has 1 saturated carbocycles. The van der Waals surface area contributed by atoms with E-state index in [1.165, 1.54) is 44.2 Å². The first-order valence-corrected chi connectivity index (χ1v) is 8.23. The molecule has 1 heterocycles. The van der Waals surface area contributed by atoms with Crippen molar-refractivity contribution in [2.75, 3.05) is 13.1 Å². The molecule has 1 aliphatic carbocycles. The summed E-state index contributed by atoms with van der Waals surface area (Å²) >= 11 is 6.39. The van der Waals surface area contributed by atoms with E-state index >= 15 is 0 Å². The number of nitrogens with zero attached hydrogens (tertiary/aromatic N) is 1. The molecule has 3 rings (SSSR count). The molecule has 0 aromatic heterocycles. The first-order chi connectivity index (χ1) is 9.65. The highest BCUT2D eigenvalue weighted by atomic mass is 35.5. The molecule has 2 atom stereocenters. The highest BCUT2D eigenvalue weighted by Crippen LogP contribution is 2.38. The van der Waals surface area contributed by atoms with Gasteiger partial charge in [0.05, 0.1) is 5.02 Å². The second-order valence-corrected chi connectivity index (χ2v) is 6.88. The number of likely N-dealkylation sites (tertiary alicyclic amines) is 1. The van der Waals surface area contributed by atoms with Crippen molar-refractivity contribution in [3.63, 3.8) is 0 Å². The number of aryl methyl sites for hydroxylation is 1. The Kier molecular flexibility index (Phi) is 4.07. The Hall–Kier alpha value is -0.950. The zero-order chi connectivity index (χ0) is 14.1. The molecule has 1 aromatic rings. The first kappa shape index (κ1) is 14.0. The summed E-state index contributed by atoms with van der Waals surface area (Å²) in [5.41, 5.74) is 3.42. The SMILES string of the molecule is C=C(c1ccc(C)cc1Cl)N1CCC2CCCCC2C1. The molecule has 1 aromatic carbocycles. The second-order valence-electron chi connectivity index (χ2n) is 6.47. The maximum atomic E-state index is 6.39. The van der Waals surface area contributed by atoms with E-state index in [0.29, 0.717) is 0 Å². The number of rotatable bonds is 2. The van der Waals surface area contributed by atoms with E-state index in [-0.39, 0.29) is 0 Å². The van der Waals surface area contributed by atoms with Gasteiger partial charge in [0.25, 0.3) is 0 Å². The highest BCUT2D eigenvalue weighted by molar-refractivity contribution is 6.32. The second kappa shape index (κ2) is 5.81. The van der Waals surface area contributed by atoms with E-state index < -0.39 is 0 Å². The van der Waals surface area contributed by atoms with Crippen LogP contribution in [0.4, 0.5) is 0 Å². The summed E-state index contributed by atoms with van der Waals surface area (Å²) in [4.78, 5) is 2.46. The third kappa shape index (κ3) is 2.74. The summed E-state index contributed by atoms with van der Waals surface area (Å²) in [5, 5.41) is 0.834. The number of fused-ring (bicyclic) bond motifs is 1. The Morgan fingerprint density at radius 1 is 1.20 bits per heavy atom. The van der Waals surface area contributed by atoms with Gasteiger partial charge in [0, 0.05) is 24.4 Å². The van der Waals surface area contributed by atoms with Crippen molar-refractivity contribution in [2.24, 2.45) is 11.8 Å². The Morgan fingerprint density at radius 3 is 2.70 bits per heavy atom. The predicted molar refractivity (Wildman–Crippen MR) is 86.9 cm³/mol. The number of halogens is 1. The molecule has 1 aliphatic heterocycles. The molecule has 1 nitrogen and oxygen atoms in total. The zero-order valence-electron chi connectivity index (χ0n) is 12.4. The van der Waals surface area contributed by atoms with E-state index in [0.717, 1.165) is 34.7 Å². The van der Waals surface area contributed by atoms with E-state index in [1.807, 2.05) is 6.07 Å². The van der Waals surface area contributed by atoms with Crippen molar-refractivity contribution >= 4 is 17.3 Å². The quantitative estimate of drug-likeness (QED) is 0.729. The highest BCUT2D eigenvalue weighted by Gasteiger charge is 2.31. The van der Waals surface area contributed by atoms with Crippen LogP contribution in [0.25, 0.3) is 5.70 Å². The molecule has 0 amide bonds. The molecule has 20 heavy (non-hydrogen) atoms. The van der Waals surface area contributed by atoms with Gasteiger partial charge in [0.1, 0.15) is 0 Å². The Balaban J connectivity index is 1.74. The normalized spacial score (nSPS) is 26.2. The van der Waals surface area contributed by atoms with Crippen molar-refractivity contribution in [3.8, 4) is 0 Å². The summed E-state index contributed by atoms with van der Waals surface area (Å²) in [6, 6.07) is 6.28. The van der Waals surface area contributed by atoms with Crippen LogP contribution in [-0.4, -0.2) is 18.0 Å². The van der Waals surface area contributed by atoms with Gasteiger partial charge >= 0.3 is 0 Å². The minimum Gasteiger partial charge on any atom is -0.371 e. The molecular formula is C18H24ClN. The summed E-state index contributed by atoms with van der Waals surface area (Å²) in [5.74, 6) is 1.83. The van der Waals surface area contributed by atoms with E-state index in [9.17, 15) is 0 Å². The Bertz CT molecular complexity index is 508. The van der Waals surface area contributed by atoms with Gasteiger partial charge in [0.15, 0.2) is 0 Å². The van der Waals surface area contributed by atoms with Gasteiger partial charge < -0.3 is 4.90 Å². The molecule has 108 valence electrons. The minimum absolute atomic E-state index is 0.834. The van der Waals surface area contributed by atoms with Gasteiger partial charge in [-0.3, -0.25) is 0 Å². The summed E-state index contributed by atoms with van der Waals surface area (Å²) in [6.45, 7) is 8.71. The van der Waals surface area contributed by atoms with Crippen LogP contribution in [0.5, 0.6) is 0 Å². The number of piperidine rings is 1. The van der Waals surface area contributed by atoms with Crippen LogP contribution in [0.3, 0.4) is 0 Å². The summed E-state index contributed by atoms with van der Waals surface area (Å²) in [6.07, 6.45) is 7.01. The van der Waals surface area contributed by atoms with Gasteiger partial charge in [-0.05, 0) is 43.2 Å². The van der Waals surface area contributed by atoms with Crippen LogP contribution in [0.2, 0.25) is 5.02 Å². The molecule has 0 N–H and O–H groups in total. The van der Waals surface area contributed by atoms with E-state index in [2.05, 4.69) is 30.5 Å². The first-order valence-electron chi connectivity index (χ1n) is 7.85. The third-order valence-electron chi connectivity index (χ3n) is 5.11. The minimum atomic E-state index is 0.834. The topological polar surface area (TPSA) is 3.24 Å². The number of hydrogen-bond donors (Lipinski definition) is 0. The van der Waals surface area contributed by atoms with Gasteiger partial charge in [-0.1, -0.05) is 49.6 Å². The van der Waals surface area contributed by atoms with Gasteiger partial charge in [-0.2, -0.15) is 0 Å².